The van der Waals surface area contributed by atoms with Crippen LogP contribution in [0.1, 0.15) is 17.5 Å². The lowest BCUT2D eigenvalue weighted by Crippen LogP contribution is -2.03. The minimum Gasteiger partial charge on any atom is -0.508 e. The monoisotopic (exact) mass is 257 g/mol. The minimum absolute atomic E-state index is 0.135. The molecule has 100 valence electrons. The Labute approximate surface area is 113 Å². The highest BCUT2D eigenvalue weighted by molar-refractivity contribution is 5.51. The summed E-state index contributed by atoms with van der Waals surface area (Å²) in [5.41, 5.74) is 2.76. The van der Waals surface area contributed by atoms with E-state index in [4.69, 9.17) is 5.11 Å². The van der Waals surface area contributed by atoms with Crippen LogP contribution in [0.3, 0.4) is 0 Å². The molecule has 0 amide bonds. The number of aliphatic hydroxyl groups is 1. The smallest absolute Gasteiger partial charge is 0.123 e. The summed E-state index contributed by atoms with van der Waals surface area (Å²) in [5, 5.41) is 21.9. The van der Waals surface area contributed by atoms with Crippen LogP contribution in [0, 0.1) is 0 Å². The maximum Gasteiger partial charge on any atom is 0.123 e. The highest BCUT2D eigenvalue weighted by Crippen LogP contribution is 2.21. The maximum absolute atomic E-state index is 9.63. The molecular formula is C16H19NO2. The Bertz CT molecular complexity index is 511. The quantitative estimate of drug-likeness (QED) is 0.697. The van der Waals surface area contributed by atoms with E-state index in [1.54, 1.807) is 12.1 Å². The van der Waals surface area contributed by atoms with Gasteiger partial charge in [-0.2, -0.15) is 0 Å². The number of phenols is 1. The topological polar surface area (TPSA) is 52.5 Å². The number of hydrogen-bond acceptors (Lipinski definition) is 3. The van der Waals surface area contributed by atoms with E-state index >= 15 is 0 Å². The Morgan fingerprint density at radius 1 is 1.00 bits per heavy atom. The third-order valence-electron chi connectivity index (χ3n) is 3.07. The summed E-state index contributed by atoms with van der Waals surface area (Å²) < 4.78 is 0. The van der Waals surface area contributed by atoms with Crippen LogP contribution in [0.5, 0.6) is 5.75 Å². The Balaban J connectivity index is 1.78. The predicted molar refractivity (Wildman–Crippen MR) is 77.3 cm³/mol. The molecule has 3 heteroatoms. The average molecular weight is 257 g/mol. The Hall–Kier alpha value is -2.00. The van der Waals surface area contributed by atoms with Crippen molar-refractivity contribution in [1.29, 1.82) is 0 Å². The highest BCUT2D eigenvalue weighted by atomic mass is 16.3. The number of aliphatic hydroxyl groups excluding tert-OH is 1. The van der Waals surface area contributed by atoms with Gasteiger partial charge in [-0.05, 0) is 24.5 Å². The molecule has 0 bridgehead atoms. The van der Waals surface area contributed by atoms with Crippen LogP contribution < -0.4 is 5.32 Å². The lowest BCUT2D eigenvalue weighted by molar-refractivity contribution is 0.275. The van der Waals surface area contributed by atoms with Crippen molar-refractivity contribution in [3.8, 4) is 5.75 Å². The molecule has 2 aromatic rings. The molecule has 3 nitrogen and oxygen atoms in total. The predicted octanol–water partition coefficient (Wildman–Crippen LogP) is 2.93. The summed E-state index contributed by atoms with van der Waals surface area (Å²) in [6.07, 6.45) is 2.07. The molecule has 0 fully saturated rings. The van der Waals surface area contributed by atoms with Gasteiger partial charge in [0.15, 0.2) is 0 Å². The van der Waals surface area contributed by atoms with Crippen molar-refractivity contribution in [2.75, 3.05) is 11.9 Å². The summed E-state index contributed by atoms with van der Waals surface area (Å²) >= 11 is 0. The van der Waals surface area contributed by atoms with Crippen molar-refractivity contribution < 1.29 is 10.2 Å². The van der Waals surface area contributed by atoms with Gasteiger partial charge >= 0.3 is 0 Å². The molecule has 3 N–H and O–H groups in total. The summed E-state index contributed by atoms with van der Waals surface area (Å²) in [6.45, 7) is 0.715. The largest absolute Gasteiger partial charge is 0.508 e. The molecular weight excluding hydrogens is 238 g/mol. The molecule has 0 spiro atoms. The number of aromatic hydroxyl groups is 1. The third-order valence-corrected chi connectivity index (χ3v) is 3.07. The SMILES string of the molecule is OCc1ccc(NCCCc2ccccc2)cc1O. The van der Waals surface area contributed by atoms with Gasteiger partial charge in [0.05, 0.1) is 6.61 Å². The van der Waals surface area contributed by atoms with E-state index in [9.17, 15) is 5.11 Å². The van der Waals surface area contributed by atoms with Gasteiger partial charge in [0.1, 0.15) is 5.75 Å². The zero-order chi connectivity index (χ0) is 13.5. The van der Waals surface area contributed by atoms with Gasteiger partial charge in [-0.1, -0.05) is 36.4 Å². The second-order valence-corrected chi connectivity index (χ2v) is 4.52. The van der Waals surface area contributed by atoms with E-state index in [-0.39, 0.29) is 12.4 Å². The van der Waals surface area contributed by atoms with Crippen molar-refractivity contribution in [2.24, 2.45) is 0 Å². The molecule has 0 unspecified atom stereocenters. The number of hydrogen-bond donors (Lipinski definition) is 3. The van der Waals surface area contributed by atoms with Crippen molar-refractivity contribution in [3.05, 3.63) is 59.7 Å². The molecule has 0 saturated heterocycles. The summed E-state index contributed by atoms with van der Waals surface area (Å²) in [6, 6.07) is 15.6. The van der Waals surface area contributed by atoms with Crippen LogP contribution in [-0.4, -0.2) is 16.8 Å². The average Bonchev–Trinajstić information content (AvgIpc) is 2.45. The molecule has 0 saturated carbocycles. The second kappa shape index (κ2) is 6.81. The van der Waals surface area contributed by atoms with Gasteiger partial charge in [0, 0.05) is 23.9 Å². The Kier molecular flexibility index (Phi) is 4.81. The van der Waals surface area contributed by atoms with Gasteiger partial charge < -0.3 is 15.5 Å². The van der Waals surface area contributed by atoms with Crippen molar-refractivity contribution in [3.63, 3.8) is 0 Å². The number of anilines is 1. The van der Waals surface area contributed by atoms with Crippen molar-refractivity contribution >= 4 is 5.69 Å². The normalized spacial score (nSPS) is 10.4. The molecule has 0 aromatic heterocycles. The fourth-order valence-electron chi connectivity index (χ4n) is 1.98. The molecule has 0 aliphatic heterocycles. The van der Waals surface area contributed by atoms with Gasteiger partial charge in [-0.3, -0.25) is 0 Å². The molecule has 19 heavy (non-hydrogen) atoms. The molecule has 2 rings (SSSR count). The number of benzene rings is 2. The first-order valence-corrected chi connectivity index (χ1v) is 6.50. The van der Waals surface area contributed by atoms with Crippen LogP contribution in [0.15, 0.2) is 48.5 Å². The van der Waals surface area contributed by atoms with Gasteiger partial charge in [-0.25, -0.2) is 0 Å². The molecule has 0 aliphatic rings. The van der Waals surface area contributed by atoms with Crippen molar-refractivity contribution in [2.45, 2.75) is 19.4 Å². The van der Waals surface area contributed by atoms with Crippen LogP contribution in [0.25, 0.3) is 0 Å². The van der Waals surface area contributed by atoms with Crippen LogP contribution >= 0.6 is 0 Å². The van der Waals surface area contributed by atoms with E-state index in [0.717, 1.165) is 25.1 Å². The second-order valence-electron chi connectivity index (χ2n) is 4.52. The van der Waals surface area contributed by atoms with Gasteiger partial charge in [-0.15, -0.1) is 0 Å². The zero-order valence-electron chi connectivity index (χ0n) is 10.8. The van der Waals surface area contributed by atoms with Crippen LogP contribution in [0.2, 0.25) is 0 Å². The van der Waals surface area contributed by atoms with E-state index in [0.29, 0.717) is 5.56 Å². The first kappa shape index (κ1) is 13.4. The van der Waals surface area contributed by atoms with Gasteiger partial charge in [0.25, 0.3) is 0 Å². The minimum atomic E-state index is -0.139. The van der Waals surface area contributed by atoms with Gasteiger partial charge in [0.2, 0.25) is 0 Å². The van der Waals surface area contributed by atoms with E-state index in [2.05, 4.69) is 29.6 Å². The summed E-state index contributed by atoms with van der Waals surface area (Å²) in [5.74, 6) is 0.135. The zero-order valence-corrected chi connectivity index (χ0v) is 10.8. The van der Waals surface area contributed by atoms with E-state index in [1.165, 1.54) is 5.56 Å². The first-order chi connectivity index (χ1) is 9.29. The molecule has 2 aromatic carbocycles. The number of aryl methyl sites for hydroxylation is 1. The fourth-order valence-corrected chi connectivity index (χ4v) is 1.98. The Morgan fingerprint density at radius 2 is 1.79 bits per heavy atom. The molecule has 0 aliphatic carbocycles. The number of rotatable bonds is 6. The molecule has 0 heterocycles. The first-order valence-electron chi connectivity index (χ1n) is 6.50. The highest BCUT2D eigenvalue weighted by Gasteiger charge is 2.01. The maximum atomic E-state index is 9.63. The Morgan fingerprint density at radius 3 is 2.47 bits per heavy atom. The lowest BCUT2D eigenvalue weighted by Gasteiger charge is -2.08. The summed E-state index contributed by atoms with van der Waals surface area (Å²) in [7, 11) is 0. The van der Waals surface area contributed by atoms with Crippen molar-refractivity contribution in [1.82, 2.24) is 0 Å². The van der Waals surface area contributed by atoms with E-state index < -0.39 is 0 Å². The lowest BCUT2D eigenvalue weighted by atomic mass is 10.1. The van der Waals surface area contributed by atoms with E-state index in [1.807, 2.05) is 12.1 Å². The van der Waals surface area contributed by atoms with Crippen LogP contribution in [-0.2, 0) is 13.0 Å². The molecule has 0 atom stereocenters. The summed E-state index contributed by atoms with van der Waals surface area (Å²) in [4.78, 5) is 0. The fraction of sp³-hybridized carbons (Fsp3) is 0.250. The standard InChI is InChI=1S/C16H19NO2/c18-12-14-8-9-15(11-16(14)19)17-10-4-7-13-5-2-1-3-6-13/h1-3,5-6,8-9,11,17-19H,4,7,10,12H2. The third kappa shape index (κ3) is 4.00. The number of nitrogens with one attached hydrogen (secondary N) is 1. The molecule has 0 radical (unpaired) electrons. The van der Waals surface area contributed by atoms with Crippen LogP contribution in [0.4, 0.5) is 5.69 Å².